The number of amides is 1. The quantitative estimate of drug-likeness (QED) is 0.547. The summed E-state index contributed by atoms with van der Waals surface area (Å²) in [7, 11) is -0.983. The number of Topliss-reactive ketones (excluding diaryl/α,β-unsaturated/α-hetero) is 1. The lowest BCUT2D eigenvalue weighted by molar-refractivity contribution is -0.126. The van der Waals surface area contributed by atoms with Crippen LogP contribution in [0.2, 0.25) is 0 Å². The van der Waals surface area contributed by atoms with Crippen molar-refractivity contribution in [3.63, 3.8) is 0 Å². The van der Waals surface area contributed by atoms with E-state index in [0.717, 1.165) is 12.1 Å². The van der Waals surface area contributed by atoms with Crippen LogP contribution in [-0.2, 0) is 14.2 Å². The van der Waals surface area contributed by atoms with Crippen LogP contribution in [-0.4, -0.2) is 43.3 Å². The number of carbonyl (C=O) groups is 3. The number of hydrogen-bond donors (Lipinski definition) is 1. The molecular formula is C25H27BF2N2O5. The highest BCUT2D eigenvalue weighted by atomic mass is 19.1. The van der Waals surface area contributed by atoms with Crippen molar-refractivity contribution in [3.8, 4) is 5.75 Å². The van der Waals surface area contributed by atoms with Gasteiger partial charge in [-0.1, -0.05) is 26.0 Å². The number of carbonyl (C=O) groups excluding carboxylic acids is 3. The first-order valence-corrected chi connectivity index (χ1v) is 11.7. The molecule has 2 aliphatic rings. The monoisotopic (exact) mass is 484 g/mol. The second kappa shape index (κ2) is 10.5. The summed E-state index contributed by atoms with van der Waals surface area (Å²) in [6.45, 7) is 4.43. The van der Waals surface area contributed by atoms with Gasteiger partial charge in [0.25, 0.3) is 0 Å². The Labute approximate surface area is 202 Å². The van der Waals surface area contributed by atoms with Crippen LogP contribution < -0.4 is 14.9 Å². The Balaban J connectivity index is 1.34. The molecule has 2 aromatic rings. The molecule has 184 valence electrons. The summed E-state index contributed by atoms with van der Waals surface area (Å²) in [5, 5.41) is 2.85. The van der Waals surface area contributed by atoms with Crippen molar-refractivity contribution in [1.82, 2.24) is 5.32 Å². The fraction of sp³-hybridized carbons (Fsp3) is 0.400. The van der Waals surface area contributed by atoms with Crippen LogP contribution in [0.1, 0.15) is 49.9 Å². The molecule has 1 saturated heterocycles. The molecule has 7 nitrogen and oxygen atoms in total. The minimum atomic E-state index is -0.983. The number of halogens is 2. The van der Waals surface area contributed by atoms with Gasteiger partial charge in [-0.05, 0) is 43.0 Å². The Morgan fingerprint density at radius 2 is 1.91 bits per heavy atom. The molecular weight excluding hydrogens is 457 g/mol. The molecule has 1 N–H and O–H groups in total. The highest BCUT2D eigenvalue weighted by Gasteiger charge is 2.42. The summed E-state index contributed by atoms with van der Waals surface area (Å²) in [4.78, 5) is 39.4. The van der Waals surface area contributed by atoms with E-state index in [-0.39, 0.29) is 36.1 Å². The van der Waals surface area contributed by atoms with Crippen LogP contribution in [0.25, 0.3) is 0 Å². The molecule has 0 saturated carbocycles. The summed E-state index contributed by atoms with van der Waals surface area (Å²) in [6, 6.07) is 9.44. The molecule has 0 bridgehead atoms. The van der Waals surface area contributed by atoms with Gasteiger partial charge in [-0.15, -0.1) is 0 Å². The molecule has 1 fully saturated rings. The molecule has 4 rings (SSSR count). The van der Waals surface area contributed by atoms with Crippen LogP contribution in [0.3, 0.4) is 0 Å². The predicted molar refractivity (Wildman–Crippen MR) is 126 cm³/mol. The SMILES string of the molecule is CC(C)C[C@H](NC(=O)CCC(=O)[C@@H]1CCN1c1ccc(F)cc1F)B1OC(=O)c2ccccc2O1. The number of hydrogen-bond acceptors (Lipinski definition) is 6. The van der Waals surface area contributed by atoms with Gasteiger partial charge in [-0.2, -0.15) is 0 Å². The van der Waals surface area contributed by atoms with Crippen molar-refractivity contribution in [2.24, 2.45) is 5.92 Å². The molecule has 2 atom stereocenters. The first kappa shape index (κ1) is 24.7. The van der Waals surface area contributed by atoms with E-state index in [9.17, 15) is 23.2 Å². The first-order valence-electron chi connectivity index (χ1n) is 11.7. The van der Waals surface area contributed by atoms with Gasteiger partial charge in [0.2, 0.25) is 5.91 Å². The number of para-hydroxylation sites is 1. The number of anilines is 1. The highest BCUT2D eigenvalue weighted by Crippen LogP contribution is 2.31. The maximum Gasteiger partial charge on any atom is 0.620 e. The average molecular weight is 484 g/mol. The summed E-state index contributed by atoms with van der Waals surface area (Å²) < 4.78 is 38.6. The van der Waals surface area contributed by atoms with Crippen molar-refractivity contribution in [2.45, 2.75) is 51.5 Å². The molecule has 0 spiro atoms. The molecule has 2 aliphatic heterocycles. The summed E-state index contributed by atoms with van der Waals surface area (Å²) in [5.74, 6) is -2.51. The van der Waals surface area contributed by atoms with E-state index < -0.39 is 36.7 Å². The van der Waals surface area contributed by atoms with Crippen molar-refractivity contribution in [1.29, 1.82) is 0 Å². The van der Waals surface area contributed by atoms with E-state index >= 15 is 0 Å². The highest BCUT2D eigenvalue weighted by molar-refractivity contribution is 6.51. The lowest BCUT2D eigenvalue weighted by Gasteiger charge is -2.42. The Hall–Kier alpha value is -3.43. The van der Waals surface area contributed by atoms with Crippen molar-refractivity contribution in [3.05, 3.63) is 59.7 Å². The lowest BCUT2D eigenvalue weighted by Crippen LogP contribution is -2.54. The zero-order chi connectivity index (χ0) is 25.1. The number of benzene rings is 2. The van der Waals surface area contributed by atoms with Gasteiger partial charge in [0.15, 0.2) is 5.78 Å². The molecule has 2 heterocycles. The number of nitrogens with zero attached hydrogens (tertiary/aromatic N) is 1. The average Bonchev–Trinajstić information content (AvgIpc) is 2.78. The van der Waals surface area contributed by atoms with Gasteiger partial charge in [0, 0.05) is 25.5 Å². The number of fused-ring (bicyclic) bond motifs is 1. The van der Waals surface area contributed by atoms with Gasteiger partial charge in [-0.3, -0.25) is 9.59 Å². The number of nitrogens with one attached hydrogen (secondary N) is 1. The Morgan fingerprint density at radius 1 is 1.14 bits per heavy atom. The Kier molecular flexibility index (Phi) is 7.38. The predicted octanol–water partition coefficient (Wildman–Crippen LogP) is 3.70. The fourth-order valence-electron chi connectivity index (χ4n) is 4.37. The van der Waals surface area contributed by atoms with Crippen molar-refractivity contribution in [2.75, 3.05) is 11.4 Å². The third-order valence-electron chi connectivity index (χ3n) is 6.18. The van der Waals surface area contributed by atoms with E-state index in [1.807, 2.05) is 13.8 Å². The molecule has 0 aromatic heterocycles. The summed E-state index contributed by atoms with van der Waals surface area (Å²) in [5.41, 5.74) is 0.501. The van der Waals surface area contributed by atoms with E-state index in [2.05, 4.69) is 5.32 Å². The normalized spacial score (nSPS) is 17.7. The van der Waals surface area contributed by atoms with Crippen LogP contribution >= 0.6 is 0 Å². The minimum Gasteiger partial charge on any atom is -0.524 e. The maximum atomic E-state index is 14.1. The molecule has 2 aromatic carbocycles. The zero-order valence-corrected chi connectivity index (χ0v) is 19.6. The van der Waals surface area contributed by atoms with Crippen LogP contribution in [0.5, 0.6) is 5.75 Å². The molecule has 0 unspecified atom stereocenters. The summed E-state index contributed by atoms with van der Waals surface area (Å²) >= 11 is 0. The van der Waals surface area contributed by atoms with Crippen molar-refractivity contribution < 1.29 is 32.5 Å². The maximum absolute atomic E-state index is 14.1. The summed E-state index contributed by atoms with van der Waals surface area (Å²) in [6.07, 6.45) is 0.942. The Morgan fingerprint density at radius 3 is 2.60 bits per heavy atom. The third-order valence-corrected chi connectivity index (χ3v) is 6.18. The number of rotatable bonds is 9. The van der Waals surface area contributed by atoms with Crippen molar-refractivity contribution >= 4 is 30.5 Å². The number of ketones is 1. The smallest absolute Gasteiger partial charge is 0.524 e. The van der Waals surface area contributed by atoms with Crippen LogP contribution in [0.4, 0.5) is 14.5 Å². The Bertz CT molecular complexity index is 1130. The van der Waals surface area contributed by atoms with E-state index in [1.165, 1.54) is 6.07 Å². The first-order chi connectivity index (χ1) is 16.7. The zero-order valence-electron chi connectivity index (χ0n) is 19.6. The standard InChI is InChI=1S/C25H27BF2N2O5/c1-15(2)13-23(26-34-22-6-4-3-5-17(22)25(33)35-26)29-24(32)10-9-21(31)20-11-12-30(20)19-8-7-16(27)14-18(19)28/h3-8,14-15,20,23H,9-13H2,1-2H3,(H,29,32)/t20-,23-/m0/s1. The molecule has 1 amide bonds. The van der Waals surface area contributed by atoms with Crippen LogP contribution in [0, 0.1) is 17.6 Å². The van der Waals surface area contributed by atoms with E-state index in [4.69, 9.17) is 9.31 Å². The van der Waals surface area contributed by atoms with Gasteiger partial charge in [0.1, 0.15) is 17.4 Å². The lowest BCUT2D eigenvalue weighted by atomic mass is 9.72. The third kappa shape index (κ3) is 5.63. The van der Waals surface area contributed by atoms with E-state index in [1.54, 1.807) is 29.2 Å². The molecule has 35 heavy (non-hydrogen) atoms. The van der Waals surface area contributed by atoms with Crippen LogP contribution in [0.15, 0.2) is 42.5 Å². The topological polar surface area (TPSA) is 84.9 Å². The van der Waals surface area contributed by atoms with Gasteiger partial charge in [0.05, 0.1) is 23.2 Å². The molecule has 0 radical (unpaired) electrons. The second-order valence-electron chi connectivity index (χ2n) is 9.25. The van der Waals surface area contributed by atoms with Gasteiger partial charge >= 0.3 is 13.1 Å². The largest absolute Gasteiger partial charge is 0.620 e. The second-order valence-corrected chi connectivity index (χ2v) is 9.25. The molecule has 10 heteroatoms. The van der Waals surface area contributed by atoms with Gasteiger partial charge < -0.3 is 19.5 Å². The van der Waals surface area contributed by atoms with E-state index in [0.29, 0.717) is 30.7 Å². The fourth-order valence-corrected chi connectivity index (χ4v) is 4.37. The van der Waals surface area contributed by atoms with Gasteiger partial charge in [-0.25, -0.2) is 13.6 Å². The minimum absolute atomic E-state index is 0.0294. The molecule has 0 aliphatic carbocycles.